The van der Waals surface area contributed by atoms with Crippen molar-refractivity contribution >= 4 is 17.5 Å². The molecule has 0 fully saturated rings. The number of hydrogen-bond donors (Lipinski definition) is 1. The number of nitrogens with one attached hydrogen (secondary N) is 1. The molecular formula is C24H22N2O2. The van der Waals surface area contributed by atoms with Crippen LogP contribution in [0.15, 0.2) is 78.9 Å². The number of amides is 2. The van der Waals surface area contributed by atoms with Crippen molar-refractivity contribution in [1.82, 2.24) is 4.90 Å². The molecule has 3 aromatic rings. The first-order chi connectivity index (χ1) is 13.6. The lowest BCUT2D eigenvalue weighted by Crippen LogP contribution is -2.45. The number of hydrogen-bond acceptors (Lipinski definition) is 2. The topological polar surface area (TPSA) is 49.4 Å². The third kappa shape index (κ3) is 3.67. The Kier molecular flexibility index (Phi) is 4.94. The van der Waals surface area contributed by atoms with Crippen LogP contribution in [0.4, 0.5) is 5.69 Å². The van der Waals surface area contributed by atoms with Gasteiger partial charge in [0.1, 0.15) is 6.04 Å². The molecule has 0 aromatic heterocycles. The summed E-state index contributed by atoms with van der Waals surface area (Å²) < 4.78 is 0. The van der Waals surface area contributed by atoms with E-state index >= 15 is 0 Å². The third-order valence-corrected chi connectivity index (χ3v) is 5.12. The first-order valence-electron chi connectivity index (χ1n) is 9.42. The highest BCUT2D eigenvalue weighted by molar-refractivity contribution is 6.03. The Hall–Kier alpha value is -3.40. The van der Waals surface area contributed by atoms with Gasteiger partial charge in [-0.25, -0.2) is 0 Å². The smallest absolute Gasteiger partial charge is 0.255 e. The first kappa shape index (κ1) is 18.0. The van der Waals surface area contributed by atoms with Crippen molar-refractivity contribution in [3.63, 3.8) is 0 Å². The lowest BCUT2D eigenvalue weighted by Gasteiger charge is -2.27. The van der Waals surface area contributed by atoms with E-state index in [0.29, 0.717) is 18.5 Å². The van der Waals surface area contributed by atoms with Crippen LogP contribution in [-0.4, -0.2) is 22.8 Å². The highest BCUT2D eigenvalue weighted by Crippen LogP contribution is 2.26. The number of carbonyl (C=O) groups excluding carboxylic acids is 2. The molecule has 3 aromatic carbocycles. The summed E-state index contributed by atoms with van der Waals surface area (Å²) in [5, 5.41) is 2.98. The van der Waals surface area contributed by atoms with Crippen LogP contribution in [0.25, 0.3) is 0 Å². The fourth-order valence-corrected chi connectivity index (χ4v) is 3.57. The van der Waals surface area contributed by atoms with Crippen LogP contribution in [0.1, 0.15) is 27.0 Å². The summed E-state index contributed by atoms with van der Waals surface area (Å²) in [6.07, 6.45) is 0.470. The molecular weight excluding hydrogens is 348 g/mol. The highest BCUT2D eigenvalue weighted by atomic mass is 16.2. The summed E-state index contributed by atoms with van der Waals surface area (Å²) in [6, 6.07) is 24.5. The average molecular weight is 370 g/mol. The summed E-state index contributed by atoms with van der Waals surface area (Å²) in [4.78, 5) is 27.8. The molecule has 0 bridgehead atoms. The van der Waals surface area contributed by atoms with E-state index in [9.17, 15) is 9.59 Å². The maximum Gasteiger partial charge on any atom is 0.255 e. The highest BCUT2D eigenvalue weighted by Gasteiger charge is 2.36. The summed E-state index contributed by atoms with van der Waals surface area (Å²) in [6.45, 7) is 2.46. The molecule has 2 amide bonds. The van der Waals surface area contributed by atoms with Crippen LogP contribution in [-0.2, 0) is 17.8 Å². The van der Waals surface area contributed by atoms with E-state index in [4.69, 9.17) is 0 Å². The first-order valence-corrected chi connectivity index (χ1v) is 9.42. The molecule has 0 unspecified atom stereocenters. The van der Waals surface area contributed by atoms with Gasteiger partial charge in [0.15, 0.2) is 0 Å². The van der Waals surface area contributed by atoms with Crippen molar-refractivity contribution in [3.8, 4) is 0 Å². The number of anilines is 1. The van der Waals surface area contributed by atoms with Crippen LogP contribution >= 0.6 is 0 Å². The number of benzene rings is 3. The predicted octanol–water partition coefficient (Wildman–Crippen LogP) is 4.20. The van der Waals surface area contributed by atoms with Crippen LogP contribution in [0.5, 0.6) is 0 Å². The Morgan fingerprint density at radius 2 is 1.64 bits per heavy atom. The molecule has 0 spiro atoms. The van der Waals surface area contributed by atoms with Crippen molar-refractivity contribution in [3.05, 3.63) is 101 Å². The van der Waals surface area contributed by atoms with Crippen molar-refractivity contribution in [1.29, 1.82) is 0 Å². The Morgan fingerprint density at radius 3 is 2.36 bits per heavy atom. The largest absolute Gasteiger partial charge is 0.324 e. The zero-order valence-electron chi connectivity index (χ0n) is 15.8. The van der Waals surface area contributed by atoms with E-state index in [2.05, 4.69) is 5.32 Å². The zero-order valence-corrected chi connectivity index (χ0v) is 15.8. The zero-order chi connectivity index (χ0) is 19.5. The summed E-state index contributed by atoms with van der Waals surface area (Å²) in [5.74, 6) is -0.260. The Morgan fingerprint density at radius 1 is 0.964 bits per heavy atom. The van der Waals surface area contributed by atoms with Gasteiger partial charge in [-0.05, 0) is 36.2 Å². The van der Waals surface area contributed by atoms with E-state index in [1.165, 1.54) is 0 Å². The average Bonchev–Trinajstić information content (AvgIpc) is 3.05. The van der Waals surface area contributed by atoms with E-state index in [0.717, 1.165) is 22.4 Å². The molecule has 4 nitrogen and oxygen atoms in total. The van der Waals surface area contributed by atoms with Crippen LogP contribution in [0.2, 0.25) is 0 Å². The SMILES string of the molecule is Cc1ccc(NC(=O)[C@H](Cc2ccccc2)N2Cc3ccccc3C2=O)cc1. The van der Waals surface area contributed by atoms with Crippen molar-refractivity contribution < 1.29 is 9.59 Å². The predicted molar refractivity (Wildman–Crippen MR) is 110 cm³/mol. The molecule has 1 aliphatic rings. The molecule has 140 valence electrons. The van der Waals surface area contributed by atoms with E-state index in [1.807, 2.05) is 85.8 Å². The molecule has 1 N–H and O–H groups in total. The normalized spacial score (nSPS) is 13.9. The molecule has 1 atom stereocenters. The van der Waals surface area contributed by atoms with Crippen molar-refractivity contribution in [2.75, 3.05) is 5.32 Å². The van der Waals surface area contributed by atoms with Gasteiger partial charge in [-0.15, -0.1) is 0 Å². The van der Waals surface area contributed by atoms with Gasteiger partial charge >= 0.3 is 0 Å². The van der Waals surface area contributed by atoms with Crippen molar-refractivity contribution in [2.45, 2.75) is 25.9 Å². The maximum absolute atomic E-state index is 13.2. The Bertz CT molecular complexity index is 997. The van der Waals surface area contributed by atoms with Crippen LogP contribution in [0, 0.1) is 6.92 Å². The van der Waals surface area contributed by atoms with E-state index in [1.54, 1.807) is 4.90 Å². The van der Waals surface area contributed by atoms with Gasteiger partial charge in [-0.1, -0.05) is 66.2 Å². The summed E-state index contributed by atoms with van der Waals surface area (Å²) >= 11 is 0. The monoisotopic (exact) mass is 370 g/mol. The lowest BCUT2D eigenvalue weighted by molar-refractivity contribution is -0.120. The van der Waals surface area contributed by atoms with E-state index in [-0.39, 0.29) is 11.8 Å². The quantitative estimate of drug-likeness (QED) is 0.732. The maximum atomic E-state index is 13.2. The molecule has 1 aliphatic heterocycles. The molecule has 0 saturated carbocycles. The summed E-state index contributed by atoms with van der Waals surface area (Å²) in [7, 11) is 0. The van der Waals surface area contributed by atoms with Gasteiger partial charge in [0.05, 0.1) is 0 Å². The van der Waals surface area contributed by atoms with Gasteiger partial charge in [-0.2, -0.15) is 0 Å². The fraction of sp³-hybridized carbons (Fsp3) is 0.167. The molecule has 1 heterocycles. The molecule has 0 saturated heterocycles. The molecule has 4 rings (SSSR count). The molecule has 28 heavy (non-hydrogen) atoms. The van der Waals surface area contributed by atoms with Gasteiger partial charge in [0.2, 0.25) is 5.91 Å². The second-order valence-corrected chi connectivity index (χ2v) is 7.15. The minimum absolute atomic E-state index is 0.0874. The molecule has 4 heteroatoms. The Balaban J connectivity index is 1.61. The van der Waals surface area contributed by atoms with E-state index < -0.39 is 6.04 Å². The van der Waals surface area contributed by atoms with Gasteiger partial charge in [0.25, 0.3) is 5.91 Å². The van der Waals surface area contributed by atoms with Gasteiger partial charge in [0, 0.05) is 24.2 Å². The van der Waals surface area contributed by atoms with Gasteiger partial charge in [-0.3, -0.25) is 9.59 Å². The fourth-order valence-electron chi connectivity index (χ4n) is 3.57. The minimum Gasteiger partial charge on any atom is -0.324 e. The lowest BCUT2D eigenvalue weighted by atomic mass is 10.0. The Labute approximate surface area is 164 Å². The van der Waals surface area contributed by atoms with Crippen molar-refractivity contribution in [2.24, 2.45) is 0 Å². The van der Waals surface area contributed by atoms with Crippen LogP contribution in [0.3, 0.4) is 0 Å². The number of aryl methyl sites for hydroxylation is 1. The van der Waals surface area contributed by atoms with Gasteiger partial charge < -0.3 is 10.2 Å². The number of fused-ring (bicyclic) bond motifs is 1. The standard InChI is InChI=1S/C24H22N2O2/c1-17-11-13-20(14-12-17)25-23(27)22(15-18-7-3-2-4-8-18)26-16-19-9-5-6-10-21(19)24(26)28/h2-14,22H,15-16H2,1H3,(H,25,27)/t22-/m0/s1. The summed E-state index contributed by atoms with van der Waals surface area (Å²) in [5.41, 5.74) is 4.54. The number of nitrogens with zero attached hydrogens (tertiary/aromatic N) is 1. The second kappa shape index (κ2) is 7.69. The third-order valence-electron chi connectivity index (χ3n) is 5.12. The molecule has 0 radical (unpaired) electrons. The second-order valence-electron chi connectivity index (χ2n) is 7.15. The number of rotatable bonds is 5. The molecule has 0 aliphatic carbocycles. The van der Waals surface area contributed by atoms with Crippen LogP contribution < -0.4 is 5.32 Å². The number of carbonyl (C=O) groups is 2. The minimum atomic E-state index is -0.580.